The summed E-state index contributed by atoms with van der Waals surface area (Å²) in [5.41, 5.74) is 1.65. The van der Waals surface area contributed by atoms with Gasteiger partial charge in [0.1, 0.15) is 0 Å². The van der Waals surface area contributed by atoms with Crippen LogP contribution in [0.4, 0.5) is 5.95 Å². The van der Waals surface area contributed by atoms with Crippen LogP contribution < -0.4 is 5.32 Å². The van der Waals surface area contributed by atoms with Crippen molar-refractivity contribution < 1.29 is 4.79 Å². The summed E-state index contributed by atoms with van der Waals surface area (Å²) in [4.78, 5) is 26.4. The summed E-state index contributed by atoms with van der Waals surface area (Å²) >= 11 is 0. The molecule has 0 radical (unpaired) electrons. The number of hydrogen-bond donors (Lipinski definition) is 1. The molecular weight excluding hydrogens is 266 g/mol. The van der Waals surface area contributed by atoms with E-state index in [4.69, 9.17) is 0 Å². The minimum atomic E-state index is 0.0215. The Balaban J connectivity index is 1.60. The fourth-order valence-corrected chi connectivity index (χ4v) is 2.31. The number of nitrogens with zero attached hydrogens (tertiary/aromatic N) is 4. The zero-order valence-electron chi connectivity index (χ0n) is 11.7. The van der Waals surface area contributed by atoms with Crippen LogP contribution in [0.2, 0.25) is 0 Å². The van der Waals surface area contributed by atoms with Crippen molar-refractivity contribution in [2.75, 3.05) is 18.4 Å². The van der Waals surface area contributed by atoms with Gasteiger partial charge in [-0.3, -0.25) is 9.78 Å². The molecule has 2 aromatic heterocycles. The zero-order valence-corrected chi connectivity index (χ0v) is 11.7. The molecule has 1 aliphatic rings. The minimum Gasteiger partial charge on any atom is -0.350 e. The molecule has 0 atom stereocenters. The molecule has 0 aromatic carbocycles. The maximum atomic E-state index is 12.2. The van der Waals surface area contributed by atoms with Crippen molar-refractivity contribution in [3.63, 3.8) is 0 Å². The maximum absolute atomic E-state index is 12.2. The third kappa shape index (κ3) is 3.34. The molecule has 2 aromatic rings. The lowest BCUT2D eigenvalue weighted by molar-refractivity contribution is 0.0792. The Morgan fingerprint density at radius 3 is 2.48 bits per heavy atom. The number of carbonyl (C=O) groups excluding carboxylic acids is 1. The molecule has 1 fully saturated rings. The van der Waals surface area contributed by atoms with Crippen LogP contribution in [0, 0.1) is 0 Å². The summed E-state index contributed by atoms with van der Waals surface area (Å²) in [5, 5.41) is 3.12. The van der Waals surface area contributed by atoms with Crippen LogP contribution in [0.3, 0.4) is 0 Å². The molecular formula is C15H17N5O. The third-order valence-electron chi connectivity index (χ3n) is 3.49. The van der Waals surface area contributed by atoms with Gasteiger partial charge in [0.15, 0.2) is 0 Å². The average molecular weight is 283 g/mol. The number of likely N-dealkylation sites (tertiary alicyclic amines) is 1. The van der Waals surface area contributed by atoms with Crippen LogP contribution in [-0.2, 0) is 6.54 Å². The Hall–Kier alpha value is -2.50. The standard InChI is InChI=1S/C15H17N5O/c21-14(20-7-1-2-8-20)13-10-18-15(19-11-13)17-9-12-3-5-16-6-4-12/h3-6,10-11H,1-2,7-9H2,(H,17,18,19). The van der Waals surface area contributed by atoms with Crippen molar-refractivity contribution in [2.45, 2.75) is 19.4 Å². The van der Waals surface area contributed by atoms with E-state index in [0.717, 1.165) is 31.5 Å². The molecule has 21 heavy (non-hydrogen) atoms. The zero-order chi connectivity index (χ0) is 14.5. The van der Waals surface area contributed by atoms with Crippen molar-refractivity contribution in [2.24, 2.45) is 0 Å². The SMILES string of the molecule is O=C(c1cnc(NCc2ccncc2)nc1)N1CCCC1. The highest BCUT2D eigenvalue weighted by Crippen LogP contribution is 2.12. The Morgan fingerprint density at radius 1 is 1.14 bits per heavy atom. The van der Waals surface area contributed by atoms with Gasteiger partial charge in [-0.25, -0.2) is 9.97 Å². The Kier molecular flexibility index (Phi) is 4.04. The summed E-state index contributed by atoms with van der Waals surface area (Å²) in [6, 6.07) is 3.86. The molecule has 1 saturated heterocycles. The fraction of sp³-hybridized carbons (Fsp3) is 0.333. The molecule has 0 spiro atoms. The van der Waals surface area contributed by atoms with Gasteiger partial charge in [-0.05, 0) is 30.5 Å². The van der Waals surface area contributed by atoms with Crippen molar-refractivity contribution in [3.8, 4) is 0 Å². The smallest absolute Gasteiger partial charge is 0.256 e. The van der Waals surface area contributed by atoms with Gasteiger partial charge in [-0.2, -0.15) is 0 Å². The molecule has 3 heterocycles. The quantitative estimate of drug-likeness (QED) is 0.925. The number of hydrogen-bond acceptors (Lipinski definition) is 5. The average Bonchev–Trinajstić information content (AvgIpc) is 3.08. The van der Waals surface area contributed by atoms with E-state index in [1.165, 1.54) is 0 Å². The molecule has 108 valence electrons. The van der Waals surface area contributed by atoms with Crippen LogP contribution in [-0.4, -0.2) is 38.8 Å². The van der Waals surface area contributed by atoms with E-state index < -0.39 is 0 Å². The van der Waals surface area contributed by atoms with Gasteiger partial charge in [0.2, 0.25) is 5.95 Å². The Labute approximate surface area is 123 Å². The normalized spacial score (nSPS) is 14.2. The highest BCUT2D eigenvalue weighted by Gasteiger charge is 2.19. The first-order valence-corrected chi connectivity index (χ1v) is 7.07. The third-order valence-corrected chi connectivity index (χ3v) is 3.49. The lowest BCUT2D eigenvalue weighted by atomic mass is 10.3. The summed E-state index contributed by atoms with van der Waals surface area (Å²) in [5.74, 6) is 0.540. The van der Waals surface area contributed by atoms with Crippen molar-refractivity contribution in [3.05, 3.63) is 48.0 Å². The van der Waals surface area contributed by atoms with Crippen LogP contribution >= 0.6 is 0 Å². The van der Waals surface area contributed by atoms with Crippen LogP contribution in [0.1, 0.15) is 28.8 Å². The number of nitrogens with one attached hydrogen (secondary N) is 1. The van der Waals surface area contributed by atoms with Crippen LogP contribution in [0.25, 0.3) is 0 Å². The van der Waals surface area contributed by atoms with E-state index in [1.54, 1.807) is 24.8 Å². The molecule has 1 amide bonds. The molecule has 3 rings (SSSR count). The topological polar surface area (TPSA) is 71.0 Å². The highest BCUT2D eigenvalue weighted by atomic mass is 16.2. The number of aromatic nitrogens is 3. The Morgan fingerprint density at radius 2 is 1.81 bits per heavy atom. The van der Waals surface area contributed by atoms with E-state index in [1.807, 2.05) is 17.0 Å². The Bertz CT molecular complexity index is 593. The first-order valence-electron chi connectivity index (χ1n) is 7.07. The first kappa shape index (κ1) is 13.5. The van der Waals surface area contributed by atoms with Crippen molar-refractivity contribution >= 4 is 11.9 Å². The fourth-order valence-electron chi connectivity index (χ4n) is 2.31. The second kappa shape index (κ2) is 6.30. The summed E-state index contributed by atoms with van der Waals surface area (Å²) < 4.78 is 0. The maximum Gasteiger partial charge on any atom is 0.256 e. The lowest BCUT2D eigenvalue weighted by Gasteiger charge is -2.14. The highest BCUT2D eigenvalue weighted by molar-refractivity contribution is 5.93. The van der Waals surface area contributed by atoms with Crippen molar-refractivity contribution in [1.82, 2.24) is 19.9 Å². The number of amides is 1. The molecule has 1 N–H and O–H groups in total. The summed E-state index contributed by atoms with van der Waals surface area (Å²) in [6.07, 6.45) is 8.83. The first-order chi connectivity index (χ1) is 10.3. The van der Waals surface area contributed by atoms with E-state index in [-0.39, 0.29) is 5.91 Å². The summed E-state index contributed by atoms with van der Waals surface area (Å²) in [7, 11) is 0. The molecule has 0 saturated carbocycles. The molecule has 0 unspecified atom stereocenters. The van der Waals surface area contributed by atoms with E-state index in [9.17, 15) is 4.79 Å². The second-order valence-electron chi connectivity index (χ2n) is 5.00. The predicted molar refractivity (Wildman–Crippen MR) is 78.7 cm³/mol. The predicted octanol–water partition coefficient (Wildman–Crippen LogP) is 1.72. The van der Waals surface area contributed by atoms with Gasteiger partial charge in [-0.15, -0.1) is 0 Å². The van der Waals surface area contributed by atoms with Gasteiger partial charge >= 0.3 is 0 Å². The molecule has 0 aliphatic carbocycles. The van der Waals surface area contributed by atoms with Crippen molar-refractivity contribution in [1.29, 1.82) is 0 Å². The molecule has 6 heteroatoms. The summed E-state index contributed by atoms with van der Waals surface area (Å²) in [6.45, 7) is 2.30. The van der Waals surface area contributed by atoms with E-state index >= 15 is 0 Å². The number of pyridine rings is 1. The van der Waals surface area contributed by atoms with E-state index in [0.29, 0.717) is 18.1 Å². The molecule has 0 bridgehead atoms. The monoisotopic (exact) mass is 283 g/mol. The van der Waals surface area contributed by atoms with Gasteiger partial charge < -0.3 is 10.2 Å². The van der Waals surface area contributed by atoms with Gasteiger partial charge in [0.25, 0.3) is 5.91 Å². The number of carbonyl (C=O) groups is 1. The largest absolute Gasteiger partial charge is 0.350 e. The lowest BCUT2D eigenvalue weighted by Crippen LogP contribution is -2.27. The van der Waals surface area contributed by atoms with Gasteiger partial charge in [0.05, 0.1) is 5.56 Å². The van der Waals surface area contributed by atoms with Crippen LogP contribution in [0.5, 0.6) is 0 Å². The van der Waals surface area contributed by atoms with Crippen LogP contribution in [0.15, 0.2) is 36.9 Å². The number of anilines is 1. The number of rotatable bonds is 4. The second-order valence-corrected chi connectivity index (χ2v) is 5.00. The van der Waals surface area contributed by atoms with E-state index in [2.05, 4.69) is 20.3 Å². The van der Waals surface area contributed by atoms with Gasteiger partial charge in [0, 0.05) is 44.4 Å². The molecule has 1 aliphatic heterocycles. The molecule has 6 nitrogen and oxygen atoms in total. The minimum absolute atomic E-state index is 0.0215. The van der Waals surface area contributed by atoms with Gasteiger partial charge in [-0.1, -0.05) is 0 Å².